The first-order valence-electron chi connectivity index (χ1n) is 10.5. The summed E-state index contributed by atoms with van der Waals surface area (Å²) in [5, 5.41) is 3.26. The van der Waals surface area contributed by atoms with Crippen LogP contribution in [0.2, 0.25) is 5.02 Å². The smallest absolute Gasteiger partial charge is 0.264 e. The number of hydrogen-bond acceptors (Lipinski definition) is 5. The monoisotopic (exact) mass is 502 g/mol. The molecule has 7 nitrogen and oxygen atoms in total. The Morgan fingerprint density at radius 2 is 1.62 bits per heavy atom. The van der Waals surface area contributed by atoms with Crippen molar-refractivity contribution in [1.82, 2.24) is 5.32 Å². The Morgan fingerprint density at radius 3 is 2.24 bits per heavy atom. The largest absolute Gasteiger partial charge is 0.493 e. The number of rotatable bonds is 9. The van der Waals surface area contributed by atoms with Gasteiger partial charge in [-0.2, -0.15) is 0 Å². The fraction of sp³-hybridized carbons (Fsp3) is 0.240. The van der Waals surface area contributed by atoms with E-state index in [1.54, 1.807) is 62.6 Å². The van der Waals surface area contributed by atoms with Crippen LogP contribution in [0.1, 0.15) is 16.7 Å². The van der Waals surface area contributed by atoms with Crippen LogP contribution >= 0.6 is 11.6 Å². The molecule has 0 unspecified atom stereocenters. The molecule has 34 heavy (non-hydrogen) atoms. The van der Waals surface area contributed by atoms with E-state index in [2.05, 4.69) is 5.32 Å². The van der Waals surface area contributed by atoms with E-state index < -0.39 is 22.5 Å². The number of methoxy groups -OCH3 is 2. The lowest BCUT2D eigenvalue weighted by Crippen LogP contribution is -2.41. The van der Waals surface area contributed by atoms with Crippen molar-refractivity contribution in [3.63, 3.8) is 0 Å². The van der Waals surface area contributed by atoms with Gasteiger partial charge in [0.2, 0.25) is 5.91 Å². The topological polar surface area (TPSA) is 84.9 Å². The van der Waals surface area contributed by atoms with Crippen molar-refractivity contribution in [2.24, 2.45) is 0 Å². The number of sulfonamides is 1. The molecule has 3 aromatic carbocycles. The molecule has 9 heteroatoms. The van der Waals surface area contributed by atoms with Gasteiger partial charge in [0.1, 0.15) is 6.54 Å². The van der Waals surface area contributed by atoms with E-state index in [-0.39, 0.29) is 11.4 Å². The van der Waals surface area contributed by atoms with E-state index in [0.717, 1.165) is 15.4 Å². The summed E-state index contributed by atoms with van der Waals surface area (Å²) in [7, 11) is -0.938. The molecule has 0 aliphatic rings. The Hall–Kier alpha value is -3.23. The molecule has 0 aliphatic carbocycles. The molecule has 0 saturated heterocycles. The molecule has 0 fully saturated rings. The summed E-state index contributed by atoms with van der Waals surface area (Å²) in [6.07, 6.45) is 0. The van der Waals surface area contributed by atoms with Gasteiger partial charge in [-0.15, -0.1) is 0 Å². The van der Waals surface area contributed by atoms with Gasteiger partial charge in [0.05, 0.1) is 24.8 Å². The third-order valence-corrected chi connectivity index (χ3v) is 7.27. The van der Waals surface area contributed by atoms with E-state index in [0.29, 0.717) is 27.8 Å². The van der Waals surface area contributed by atoms with Gasteiger partial charge in [0, 0.05) is 11.6 Å². The lowest BCUT2D eigenvalue weighted by atomic mass is 10.2. The fourth-order valence-electron chi connectivity index (χ4n) is 3.41. The Kier molecular flexibility index (Phi) is 8.06. The third kappa shape index (κ3) is 5.81. The molecule has 0 atom stereocenters. The van der Waals surface area contributed by atoms with Crippen LogP contribution in [-0.2, 0) is 21.4 Å². The predicted molar refractivity (Wildman–Crippen MR) is 133 cm³/mol. The van der Waals surface area contributed by atoms with Crippen molar-refractivity contribution in [1.29, 1.82) is 0 Å². The molecule has 0 aliphatic heterocycles. The molecular weight excluding hydrogens is 476 g/mol. The number of benzene rings is 3. The van der Waals surface area contributed by atoms with Gasteiger partial charge < -0.3 is 14.8 Å². The fourth-order valence-corrected chi connectivity index (χ4v) is 5.13. The zero-order valence-electron chi connectivity index (χ0n) is 19.5. The second-order valence-electron chi connectivity index (χ2n) is 7.72. The van der Waals surface area contributed by atoms with Crippen LogP contribution in [-0.4, -0.2) is 35.1 Å². The van der Waals surface area contributed by atoms with Gasteiger partial charge in [-0.25, -0.2) is 8.42 Å². The summed E-state index contributed by atoms with van der Waals surface area (Å²) in [6, 6.07) is 16.7. The second-order valence-corrected chi connectivity index (χ2v) is 10.0. The number of amides is 1. The summed E-state index contributed by atoms with van der Waals surface area (Å²) in [4.78, 5) is 13.0. The zero-order chi connectivity index (χ0) is 24.9. The number of carbonyl (C=O) groups excluding carboxylic acids is 1. The molecule has 1 N–H and O–H groups in total. The molecular formula is C25H27ClN2O5S. The quantitative estimate of drug-likeness (QED) is 0.466. The van der Waals surface area contributed by atoms with Gasteiger partial charge in [-0.1, -0.05) is 35.4 Å². The Balaban J connectivity index is 1.87. The van der Waals surface area contributed by atoms with E-state index in [4.69, 9.17) is 21.1 Å². The molecule has 1 amide bonds. The maximum Gasteiger partial charge on any atom is 0.264 e. The highest BCUT2D eigenvalue weighted by molar-refractivity contribution is 7.92. The summed E-state index contributed by atoms with van der Waals surface area (Å²) in [6.45, 7) is 3.42. The van der Waals surface area contributed by atoms with Crippen molar-refractivity contribution in [2.45, 2.75) is 25.3 Å². The Labute approximate surface area is 205 Å². The van der Waals surface area contributed by atoms with Crippen LogP contribution in [0.5, 0.6) is 11.5 Å². The minimum Gasteiger partial charge on any atom is -0.493 e. The molecule has 0 aromatic heterocycles. The minimum absolute atomic E-state index is 0.0974. The summed E-state index contributed by atoms with van der Waals surface area (Å²) in [5.41, 5.74) is 2.73. The first kappa shape index (κ1) is 25.4. The lowest BCUT2D eigenvalue weighted by Gasteiger charge is -2.26. The van der Waals surface area contributed by atoms with E-state index in [1.807, 2.05) is 6.92 Å². The van der Waals surface area contributed by atoms with Gasteiger partial charge in [0.25, 0.3) is 10.0 Å². The first-order valence-corrected chi connectivity index (χ1v) is 12.3. The van der Waals surface area contributed by atoms with Crippen LogP contribution in [0.25, 0.3) is 0 Å². The second kappa shape index (κ2) is 10.8. The Bertz CT molecular complexity index is 1280. The maximum absolute atomic E-state index is 13.5. The van der Waals surface area contributed by atoms with Crippen LogP contribution in [0.4, 0.5) is 5.69 Å². The number of carbonyl (C=O) groups is 1. The van der Waals surface area contributed by atoms with E-state index >= 15 is 0 Å². The SMILES string of the molecule is COc1ccc(CNC(=O)CN(c2ccc(Cl)cc2C)S(=O)(=O)c2ccc(C)cc2)cc1OC. The minimum atomic E-state index is -4.01. The summed E-state index contributed by atoms with van der Waals surface area (Å²) < 4.78 is 38.7. The summed E-state index contributed by atoms with van der Waals surface area (Å²) in [5.74, 6) is 0.653. The normalized spacial score (nSPS) is 11.1. The van der Waals surface area contributed by atoms with Crippen molar-refractivity contribution >= 4 is 33.2 Å². The van der Waals surface area contributed by atoms with Crippen LogP contribution in [0.3, 0.4) is 0 Å². The highest BCUT2D eigenvalue weighted by Gasteiger charge is 2.28. The maximum atomic E-state index is 13.5. The molecule has 0 saturated carbocycles. The van der Waals surface area contributed by atoms with Crippen molar-refractivity contribution < 1.29 is 22.7 Å². The van der Waals surface area contributed by atoms with Gasteiger partial charge >= 0.3 is 0 Å². The predicted octanol–water partition coefficient (Wildman–Crippen LogP) is 4.49. The van der Waals surface area contributed by atoms with Crippen LogP contribution in [0, 0.1) is 13.8 Å². The third-order valence-electron chi connectivity index (χ3n) is 5.26. The molecule has 3 aromatic rings. The van der Waals surface area contributed by atoms with Crippen molar-refractivity contribution in [3.05, 3.63) is 82.4 Å². The highest BCUT2D eigenvalue weighted by atomic mass is 35.5. The van der Waals surface area contributed by atoms with Gasteiger partial charge in [0.15, 0.2) is 11.5 Å². The number of aryl methyl sites for hydroxylation is 2. The number of anilines is 1. The molecule has 0 radical (unpaired) electrons. The highest BCUT2D eigenvalue weighted by Crippen LogP contribution is 2.29. The lowest BCUT2D eigenvalue weighted by molar-refractivity contribution is -0.119. The average molecular weight is 503 g/mol. The van der Waals surface area contributed by atoms with Crippen LogP contribution in [0.15, 0.2) is 65.6 Å². The average Bonchev–Trinajstić information content (AvgIpc) is 2.81. The molecule has 0 bridgehead atoms. The Morgan fingerprint density at radius 1 is 0.941 bits per heavy atom. The number of nitrogens with one attached hydrogen (secondary N) is 1. The van der Waals surface area contributed by atoms with Crippen molar-refractivity contribution in [2.75, 3.05) is 25.1 Å². The molecule has 0 spiro atoms. The number of halogens is 1. The summed E-state index contributed by atoms with van der Waals surface area (Å²) >= 11 is 6.07. The first-order chi connectivity index (χ1) is 16.1. The van der Waals surface area contributed by atoms with E-state index in [9.17, 15) is 13.2 Å². The van der Waals surface area contributed by atoms with E-state index in [1.165, 1.54) is 19.2 Å². The number of nitrogens with zero attached hydrogens (tertiary/aromatic N) is 1. The number of hydrogen-bond donors (Lipinski definition) is 1. The standard InChI is InChI=1S/C25H27ClN2O5S/c1-17-5-9-21(10-6-17)34(30,31)28(22-11-8-20(26)13-18(22)2)16-25(29)27-15-19-7-12-23(32-3)24(14-19)33-4/h5-14H,15-16H2,1-4H3,(H,27,29). The van der Waals surface area contributed by atoms with Gasteiger partial charge in [-0.05, 0) is 67.4 Å². The van der Waals surface area contributed by atoms with Gasteiger partial charge in [-0.3, -0.25) is 9.10 Å². The number of ether oxygens (including phenoxy) is 2. The van der Waals surface area contributed by atoms with Crippen LogP contribution < -0.4 is 19.1 Å². The molecule has 180 valence electrons. The molecule has 0 heterocycles. The zero-order valence-corrected chi connectivity index (χ0v) is 21.0. The molecule has 3 rings (SSSR count). The van der Waals surface area contributed by atoms with Crippen molar-refractivity contribution in [3.8, 4) is 11.5 Å².